The monoisotopic (exact) mass is 327 g/mol. The molecule has 24 heavy (non-hydrogen) atoms. The van der Waals surface area contributed by atoms with Crippen molar-refractivity contribution < 1.29 is 10.2 Å². The van der Waals surface area contributed by atoms with Gasteiger partial charge in [-0.15, -0.1) is 0 Å². The van der Waals surface area contributed by atoms with E-state index in [1.807, 2.05) is 12.1 Å². The van der Waals surface area contributed by atoms with Crippen molar-refractivity contribution in [1.82, 2.24) is 4.90 Å². The summed E-state index contributed by atoms with van der Waals surface area (Å²) in [5, 5.41) is 22.0. The van der Waals surface area contributed by atoms with Crippen LogP contribution in [0.1, 0.15) is 62.5 Å². The van der Waals surface area contributed by atoms with Gasteiger partial charge in [-0.05, 0) is 74.2 Å². The van der Waals surface area contributed by atoms with Crippen LogP contribution in [0.2, 0.25) is 0 Å². The molecule has 3 atom stereocenters. The summed E-state index contributed by atoms with van der Waals surface area (Å²) >= 11 is 0. The molecule has 2 N–H and O–H groups in total. The van der Waals surface area contributed by atoms with Crippen molar-refractivity contribution in [3.05, 3.63) is 29.3 Å². The molecule has 3 nitrogen and oxygen atoms in total. The van der Waals surface area contributed by atoms with Gasteiger partial charge in [-0.1, -0.05) is 25.3 Å². The summed E-state index contributed by atoms with van der Waals surface area (Å²) in [6, 6.07) is 6.17. The van der Waals surface area contributed by atoms with Crippen molar-refractivity contribution >= 4 is 0 Å². The Kier molecular flexibility index (Phi) is 3.31. The third-order valence-corrected chi connectivity index (χ3v) is 7.80. The van der Waals surface area contributed by atoms with E-state index in [2.05, 4.69) is 11.0 Å². The van der Waals surface area contributed by atoms with Crippen LogP contribution >= 0.6 is 0 Å². The Hall–Kier alpha value is -1.06. The number of rotatable bonds is 2. The molecule has 1 heterocycles. The van der Waals surface area contributed by atoms with Gasteiger partial charge >= 0.3 is 0 Å². The molecule has 1 aromatic rings. The molecular weight excluding hydrogens is 298 g/mol. The van der Waals surface area contributed by atoms with E-state index in [0.29, 0.717) is 5.75 Å². The van der Waals surface area contributed by atoms with E-state index in [0.717, 1.165) is 44.6 Å². The highest BCUT2D eigenvalue weighted by Gasteiger charge is 2.63. The molecule has 2 saturated carbocycles. The van der Waals surface area contributed by atoms with Crippen molar-refractivity contribution in [2.24, 2.45) is 5.92 Å². The first kappa shape index (κ1) is 15.2. The maximum absolute atomic E-state index is 11.9. The minimum Gasteiger partial charge on any atom is -0.508 e. The Morgan fingerprint density at radius 3 is 2.71 bits per heavy atom. The second kappa shape index (κ2) is 5.22. The molecule has 1 aliphatic heterocycles. The molecule has 0 amide bonds. The molecule has 3 fully saturated rings. The van der Waals surface area contributed by atoms with Crippen molar-refractivity contribution in [2.45, 2.75) is 74.8 Å². The molecule has 3 aliphatic carbocycles. The molecule has 0 unspecified atom stereocenters. The van der Waals surface area contributed by atoms with Crippen LogP contribution in [-0.2, 0) is 11.8 Å². The van der Waals surface area contributed by atoms with Gasteiger partial charge in [0.25, 0.3) is 0 Å². The Balaban J connectivity index is 1.59. The summed E-state index contributed by atoms with van der Waals surface area (Å²) in [7, 11) is 0. The summed E-state index contributed by atoms with van der Waals surface area (Å²) in [6.45, 7) is 2.29. The number of hydrogen-bond acceptors (Lipinski definition) is 3. The van der Waals surface area contributed by atoms with E-state index in [-0.39, 0.29) is 11.5 Å². The fourth-order valence-electron chi connectivity index (χ4n) is 6.32. The lowest BCUT2D eigenvalue weighted by atomic mass is 9.49. The average molecular weight is 327 g/mol. The molecule has 1 saturated heterocycles. The number of nitrogens with zero attached hydrogens (tertiary/aromatic N) is 1. The van der Waals surface area contributed by atoms with E-state index in [9.17, 15) is 10.2 Å². The molecular formula is C21H29NO2. The topological polar surface area (TPSA) is 43.7 Å². The van der Waals surface area contributed by atoms with Gasteiger partial charge in [-0.2, -0.15) is 0 Å². The van der Waals surface area contributed by atoms with Crippen LogP contribution in [0.25, 0.3) is 0 Å². The molecule has 0 aromatic heterocycles. The normalized spacial score (nSPS) is 39.0. The summed E-state index contributed by atoms with van der Waals surface area (Å²) < 4.78 is 0. The number of phenolic OH excluding ortho intramolecular Hbond substituents is 1. The van der Waals surface area contributed by atoms with E-state index >= 15 is 0 Å². The first-order valence-electron chi connectivity index (χ1n) is 9.91. The molecule has 0 spiro atoms. The molecule has 2 bridgehead atoms. The smallest absolute Gasteiger partial charge is 0.115 e. The van der Waals surface area contributed by atoms with Crippen molar-refractivity contribution in [3.63, 3.8) is 0 Å². The lowest BCUT2D eigenvalue weighted by Gasteiger charge is -2.64. The Morgan fingerprint density at radius 1 is 1.08 bits per heavy atom. The van der Waals surface area contributed by atoms with Gasteiger partial charge in [0.2, 0.25) is 0 Å². The van der Waals surface area contributed by atoms with Crippen LogP contribution in [-0.4, -0.2) is 39.8 Å². The predicted molar refractivity (Wildman–Crippen MR) is 94.2 cm³/mol. The summed E-state index contributed by atoms with van der Waals surface area (Å²) in [4.78, 5) is 2.63. The highest BCUT2D eigenvalue weighted by molar-refractivity contribution is 5.48. The minimum atomic E-state index is -0.603. The number of aromatic hydroxyl groups is 1. The van der Waals surface area contributed by atoms with Crippen LogP contribution in [0, 0.1) is 5.92 Å². The number of phenols is 1. The first-order chi connectivity index (χ1) is 11.6. The summed E-state index contributed by atoms with van der Waals surface area (Å²) in [5.74, 6) is 1.21. The van der Waals surface area contributed by atoms with E-state index in [1.165, 1.54) is 43.4 Å². The van der Waals surface area contributed by atoms with Crippen LogP contribution in [0.5, 0.6) is 5.75 Å². The van der Waals surface area contributed by atoms with Gasteiger partial charge in [0, 0.05) is 18.0 Å². The van der Waals surface area contributed by atoms with Gasteiger partial charge in [0.05, 0.1) is 5.60 Å². The predicted octanol–water partition coefficient (Wildman–Crippen LogP) is 3.37. The number of fused-ring (bicyclic) bond motifs is 1. The van der Waals surface area contributed by atoms with Crippen LogP contribution in [0.4, 0.5) is 0 Å². The molecule has 130 valence electrons. The molecule has 0 radical (unpaired) electrons. The molecule has 1 aromatic carbocycles. The van der Waals surface area contributed by atoms with Gasteiger partial charge < -0.3 is 10.2 Å². The maximum Gasteiger partial charge on any atom is 0.115 e. The third-order valence-electron chi connectivity index (χ3n) is 7.80. The van der Waals surface area contributed by atoms with Gasteiger partial charge in [0.15, 0.2) is 0 Å². The van der Waals surface area contributed by atoms with Crippen LogP contribution < -0.4 is 0 Å². The number of benzene rings is 1. The zero-order chi connectivity index (χ0) is 16.4. The zero-order valence-electron chi connectivity index (χ0n) is 14.5. The average Bonchev–Trinajstić information content (AvgIpc) is 2.53. The van der Waals surface area contributed by atoms with Crippen molar-refractivity contribution in [3.8, 4) is 5.75 Å². The molecule has 3 heteroatoms. The molecule has 4 aliphatic rings. The van der Waals surface area contributed by atoms with Gasteiger partial charge in [-0.3, -0.25) is 4.90 Å². The Labute approximate surface area is 144 Å². The van der Waals surface area contributed by atoms with Crippen molar-refractivity contribution in [2.75, 3.05) is 13.1 Å². The number of hydrogen-bond donors (Lipinski definition) is 2. The van der Waals surface area contributed by atoms with E-state index in [1.54, 1.807) is 0 Å². The lowest BCUT2D eigenvalue weighted by molar-refractivity contribution is -0.169. The fraction of sp³-hybridized carbons (Fsp3) is 0.714. The number of likely N-dealkylation sites (tertiary alicyclic amines) is 1. The number of aliphatic hydroxyl groups is 1. The second-order valence-corrected chi connectivity index (χ2v) is 8.82. The standard InChI is InChI=1S/C21H29NO2/c23-17-7-6-16-12-19-21(24)9-2-1-8-20(21,18(16)13-17)10-11-22(19)14-15-4-3-5-15/h6-7,13,15,19,23-24H,1-5,8-12,14H2/t19-,20-,21+/m0/s1. The first-order valence-corrected chi connectivity index (χ1v) is 9.91. The van der Waals surface area contributed by atoms with Gasteiger partial charge in [-0.25, -0.2) is 0 Å². The Bertz CT molecular complexity index is 655. The van der Waals surface area contributed by atoms with Gasteiger partial charge in [0.1, 0.15) is 5.75 Å². The van der Waals surface area contributed by atoms with E-state index < -0.39 is 5.60 Å². The van der Waals surface area contributed by atoms with Crippen LogP contribution in [0.15, 0.2) is 18.2 Å². The quantitative estimate of drug-likeness (QED) is 0.875. The largest absolute Gasteiger partial charge is 0.508 e. The van der Waals surface area contributed by atoms with Crippen molar-refractivity contribution in [1.29, 1.82) is 0 Å². The third kappa shape index (κ3) is 1.91. The fourth-order valence-corrected chi connectivity index (χ4v) is 6.32. The van der Waals surface area contributed by atoms with Crippen LogP contribution in [0.3, 0.4) is 0 Å². The summed E-state index contributed by atoms with van der Waals surface area (Å²) in [5.41, 5.74) is 1.89. The van der Waals surface area contributed by atoms with E-state index in [4.69, 9.17) is 0 Å². The summed E-state index contributed by atoms with van der Waals surface area (Å²) in [6.07, 6.45) is 10.5. The number of piperidine rings is 1. The minimum absolute atomic E-state index is 0.127. The highest BCUT2D eigenvalue weighted by Crippen LogP contribution is 2.58. The maximum atomic E-state index is 11.9. The molecule has 5 rings (SSSR count). The lowest BCUT2D eigenvalue weighted by Crippen LogP contribution is -2.72. The highest BCUT2D eigenvalue weighted by atomic mass is 16.3. The SMILES string of the molecule is Oc1ccc2c(c1)[C@@]13CCCC[C@@]1(O)[C@H](C2)N(CC1CCC1)CC3. The Morgan fingerprint density at radius 2 is 1.92 bits per heavy atom. The second-order valence-electron chi connectivity index (χ2n) is 8.82. The zero-order valence-corrected chi connectivity index (χ0v) is 14.5.